The fourth-order valence-electron chi connectivity index (χ4n) is 6.35. The zero-order valence-electron chi connectivity index (χ0n) is 21.5. The van der Waals surface area contributed by atoms with E-state index in [0.717, 1.165) is 23.0 Å². The molecule has 0 bridgehead atoms. The Morgan fingerprint density at radius 2 is 2.00 bits per heavy atom. The highest BCUT2D eigenvalue weighted by atomic mass is 16.6. The van der Waals surface area contributed by atoms with Crippen molar-refractivity contribution in [3.05, 3.63) is 58.7 Å². The number of nitrogens with one attached hydrogen (secondary N) is 1. The molecule has 3 fully saturated rings. The molecule has 2 saturated heterocycles. The number of carbonyl (C=O) groups is 2. The number of piperidine rings is 1. The summed E-state index contributed by atoms with van der Waals surface area (Å²) in [6, 6.07) is 6.81. The quantitative estimate of drug-likeness (QED) is 0.228. The van der Waals surface area contributed by atoms with Gasteiger partial charge in [0, 0.05) is 48.6 Å². The van der Waals surface area contributed by atoms with Crippen molar-refractivity contribution in [2.24, 2.45) is 17.3 Å². The van der Waals surface area contributed by atoms with E-state index >= 15 is 0 Å². The average Bonchev–Trinajstić information content (AvgIpc) is 3.27. The first kappa shape index (κ1) is 23.9. The molecule has 4 aromatic rings. The monoisotopic (exact) mass is 529 g/mol. The van der Waals surface area contributed by atoms with Gasteiger partial charge in [0.1, 0.15) is 12.0 Å². The second kappa shape index (κ2) is 8.42. The second-order valence-corrected chi connectivity index (χ2v) is 11.2. The summed E-state index contributed by atoms with van der Waals surface area (Å²) in [5.41, 5.74) is 2.99. The van der Waals surface area contributed by atoms with Crippen molar-refractivity contribution in [1.29, 1.82) is 0 Å². The van der Waals surface area contributed by atoms with Gasteiger partial charge in [-0.1, -0.05) is 13.8 Å². The van der Waals surface area contributed by atoms with Crippen LogP contribution in [-0.2, 0) is 27.4 Å². The lowest BCUT2D eigenvalue weighted by atomic mass is 10.0. The first-order valence-corrected chi connectivity index (χ1v) is 13.0. The first-order valence-electron chi connectivity index (χ1n) is 13.0. The van der Waals surface area contributed by atoms with E-state index in [1.54, 1.807) is 16.8 Å². The zero-order valence-corrected chi connectivity index (χ0v) is 21.5. The normalized spacial score (nSPS) is 24.1. The SMILES string of the molecule is CC1(C)C2C(=O)N(Cc3cc4c(-c5cc([N+](=O)[O-])cc6ccn(C[C@@H]7CNCCO7)c56)ncnn4c3)C(=O)C21. The third-order valence-electron chi connectivity index (χ3n) is 8.41. The van der Waals surface area contributed by atoms with Gasteiger partial charge in [0.05, 0.1) is 53.6 Å². The van der Waals surface area contributed by atoms with Crippen LogP contribution in [-0.4, -0.2) is 66.6 Å². The molecule has 2 unspecified atom stereocenters. The molecule has 1 aliphatic carbocycles. The van der Waals surface area contributed by atoms with Crippen LogP contribution in [0.1, 0.15) is 19.4 Å². The van der Waals surface area contributed by atoms with Gasteiger partial charge < -0.3 is 14.6 Å². The van der Waals surface area contributed by atoms with Crippen LogP contribution in [0.3, 0.4) is 0 Å². The number of hydrogen-bond acceptors (Lipinski definition) is 8. The molecular weight excluding hydrogens is 502 g/mol. The van der Waals surface area contributed by atoms with Gasteiger partial charge in [-0.05, 0) is 23.1 Å². The third kappa shape index (κ3) is 3.66. The molecular formula is C27H27N7O5. The highest BCUT2D eigenvalue weighted by Gasteiger charge is 2.72. The minimum absolute atomic E-state index is 0.0329. The van der Waals surface area contributed by atoms with E-state index in [2.05, 4.69) is 15.4 Å². The summed E-state index contributed by atoms with van der Waals surface area (Å²) in [6.45, 7) is 6.79. The first-order chi connectivity index (χ1) is 18.7. The van der Waals surface area contributed by atoms with Crippen molar-refractivity contribution in [1.82, 2.24) is 29.4 Å². The molecule has 3 atom stereocenters. The standard InChI is InChI=1S/C27H27N7O5/c1-27(2)21-22(27)26(36)32(25(21)35)11-15-7-20-23(29-14-30-33(20)12-15)19-9-17(34(37)38)8-16-3-5-31(24(16)19)13-18-10-28-4-6-39-18/h3,5,7-9,12,14,18,21-22,28H,4,6,10-11,13H2,1-2H3/t18-,21?,22?/m0/s1. The summed E-state index contributed by atoms with van der Waals surface area (Å²) >= 11 is 0. The van der Waals surface area contributed by atoms with E-state index in [4.69, 9.17) is 4.74 Å². The van der Waals surface area contributed by atoms with Gasteiger partial charge in [0.2, 0.25) is 11.8 Å². The smallest absolute Gasteiger partial charge is 0.270 e. The number of nitro benzene ring substituents is 1. The maximum Gasteiger partial charge on any atom is 0.270 e. The third-order valence-corrected chi connectivity index (χ3v) is 8.41. The Morgan fingerprint density at radius 3 is 2.72 bits per heavy atom. The van der Waals surface area contributed by atoms with Crippen LogP contribution in [0.5, 0.6) is 0 Å². The molecule has 39 heavy (non-hydrogen) atoms. The molecule has 12 nitrogen and oxygen atoms in total. The Morgan fingerprint density at radius 1 is 1.21 bits per heavy atom. The molecule has 3 aliphatic rings. The molecule has 1 saturated carbocycles. The van der Waals surface area contributed by atoms with Gasteiger partial charge >= 0.3 is 0 Å². The number of fused-ring (bicyclic) bond motifs is 3. The van der Waals surface area contributed by atoms with Crippen molar-refractivity contribution >= 4 is 33.9 Å². The number of ether oxygens (including phenoxy) is 1. The molecule has 1 aromatic carbocycles. The zero-order chi connectivity index (χ0) is 27.1. The predicted molar refractivity (Wildman–Crippen MR) is 140 cm³/mol. The Balaban J connectivity index is 1.30. The number of morpholine rings is 1. The summed E-state index contributed by atoms with van der Waals surface area (Å²) in [5, 5.41) is 20.2. The van der Waals surface area contributed by atoms with Crippen LogP contribution in [0, 0.1) is 27.4 Å². The number of amides is 2. The van der Waals surface area contributed by atoms with Crippen LogP contribution >= 0.6 is 0 Å². The van der Waals surface area contributed by atoms with Gasteiger partial charge in [0.15, 0.2) is 0 Å². The Hall–Kier alpha value is -4.16. The van der Waals surface area contributed by atoms with Crippen molar-refractivity contribution in [3.8, 4) is 11.3 Å². The number of nitrogens with zero attached hydrogens (tertiary/aromatic N) is 6. The lowest BCUT2D eigenvalue weighted by Crippen LogP contribution is -2.40. The fraction of sp³-hybridized carbons (Fsp3) is 0.407. The Kier molecular flexibility index (Phi) is 5.16. The maximum absolute atomic E-state index is 12.9. The van der Waals surface area contributed by atoms with Crippen molar-refractivity contribution in [3.63, 3.8) is 0 Å². The molecule has 7 rings (SSSR count). The number of non-ortho nitro benzene ring substituents is 1. The largest absolute Gasteiger partial charge is 0.374 e. The number of benzene rings is 1. The number of nitro groups is 1. The van der Waals surface area contributed by atoms with Crippen LogP contribution in [0.4, 0.5) is 5.69 Å². The average molecular weight is 530 g/mol. The Labute approximate surface area is 222 Å². The highest BCUT2D eigenvalue weighted by molar-refractivity contribution is 6.10. The van der Waals surface area contributed by atoms with Crippen LogP contribution in [0.15, 0.2) is 43.0 Å². The van der Waals surface area contributed by atoms with Crippen LogP contribution in [0.25, 0.3) is 27.7 Å². The molecule has 2 amide bonds. The maximum atomic E-state index is 12.9. The fourth-order valence-corrected chi connectivity index (χ4v) is 6.35. The minimum Gasteiger partial charge on any atom is -0.374 e. The molecule has 200 valence electrons. The van der Waals surface area contributed by atoms with E-state index in [0.29, 0.717) is 36.5 Å². The molecule has 12 heteroatoms. The lowest BCUT2D eigenvalue weighted by molar-refractivity contribution is -0.384. The summed E-state index contributed by atoms with van der Waals surface area (Å²) in [5.74, 6) is -0.748. The van der Waals surface area contributed by atoms with Gasteiger partial charge in [-0.15, -0.1) is 0 Å². The highest BCUT2D eigenvalue weighted by Crippen LogP contribution is 2.63. The van der Waals surface area contributed by atoms with Gasteiger partial charge in [-0.3, -0.25) is 24.6 Å². The molecule has 0 radical (unpaired) electrons. The number of hydrogen-bond donors (Lipinski definition) is 1. The molecule has 2 aliphatic heterocycles. The molecule has 1 N–H and O–H groups in total. The van der Waals surface area contributed by atoms with E-state index in [-0.39, 0.29) is 47.4 Å². The number of imide groups is 1. The number of aromatic nitrogens is 4. The lowest BCUT2D eigenvalue weighted by Gasteiger charge is -2.24. The van der Waals surface area contributed by atoms with E-state index < -0.39 is 4.92 Å². The van der Waals surface area contributed by atoms with E-state index in [1.807, 2.05) is 36.7 Å². The topological polar surface area (TPSA) is 137 Å². The van der Waals surface area contributed by atoms with Crippen LogP contribution < -0.4 is 5.32 Å². The number of rotatable bonds is 6. The summed E-state index contributed by atoms with van der Waals surface area (Å²) in [6.07, 6.45) is 5.05. The van der Waals surface area contributed by atoms with E-state index in [1.165, 1.54) is 17.3 Å². The summed E-state index contributed by atoms with van der Waals surface area (Å²) in [7, 11) is 0. The van der Waals surface area contributed by atoms with E-state index in [9.17, 15) is 19.7 Å². The van der Waals surface area contributed by atoms with Gasteiger partial charge in [-0.25, -0.2) is 9.50 Å². The van der Waals surface area contributed by atoms with Crippen molar-refractivity contribution < 1.29 is 19.2 Å². The molecule has 5 heterocycles. The van der Waals surface area contributed by atoms with Crippen molar-refractivity contribution in [2.75, 3.05) is 19.7 Å². The summed E-state index contributed by atoms with van der Waals surface area (Å²) < 4.78 is 9.59. The van der Waals surface area contributed by atoms with Crippen LogP contribution in [0.2, 0.25) is 0 Å². The summed E-state index contributed by atoms with van der Waals surface area (Å²) in [4.78, 5) is 43.1. The van der Waals surface area contributed by atoms with Gasteiger partial charge in [-0.2, -0.15) is 5.10 Å². The minimum atomic E-state index is -0.409. The number of carbonyl (C=O) groups excluding carboxylic acids is 2. The second-order valence-electron chi connectivity index (χ2n) is 11.2. The predicted octanol–water partition coefficient (Wildman–Crippen LogP) is 2.39. The van der Waals surface area contributed by atoms with Gasteiger partial charge in [0.25, 0.3) is 5.69 Å². The molecule has 3 aromatic heterocycles. The number of likely N-dealkylation sites (tertiary alicyclic amines) is 1. The molecule has 0 spiro atoms. The Bertz CT molecular complexity index is 1660. The van der Waals surface area contributed by atoms with Crippen molar-refractivity contribution in [2.45, 2.75) is 33.0 Å².